The minimum absolute atomic E-state index is 0.0812. The van der Waals surface area contributed by atoms with Crippen molar-refractivity contribution < 1.29 is 18.7 Å². The summed E-state index contributed by atoms with van der Waals surface area (Å²) in [7, 11) is 1.60. The average Bonchev–Trinajstić information content (AvgIpc) is 3.01. The summed E-state index contributed by atoms with van der Waals surface area (Å²) in [5.74, 6) is 0.444. The number of carbonyl (C=O) groups is 2. The molecule has 1 aliphatic heterocycles. The second kappa shape index (κ2) is 8.23. The fraction of sp³-hybridized carbons (Fsp3) is 0.263. The molecule has 1 aliphatic rings. The van der Waals surface area contributed by atoms with Gasteiger partial charge in [-0.3, -0.25) is 9.59 Å². The molecule has 1 N–H and O–H groups in total. The number of thioether (sulfide) groups is 1. The van der Waals surface area contributed by atoms with Crippen LogP contribution in [0.5, 0.6) is 5.75 Å². The predicted molar refractivity (Wildman–Crippen MR) is 99.0 cm³/mol. The Morgan fingerprint density at radius 3 is 2.81 bits per heavy atom. The van der Waals surface area contributed by atoms with Crippen LogP contribution in [0.15, 0.2) is 53.4 Å². The molecule has 26 heavy (non-hydrogen) atoms. The third-order valence-electron chi connectivity index (χ3n) is 4.04. The molecule has 0 aromatic heterocycles. The van der Waals surface area contributed by atoms with Crippen LogP contribution in [0.1, 0.15) is 6.42 Å². The molecule has 2 amide bonds. The topological polar surface area (TPSA) is 58.6 Å². The Hall–Kier alpha value is -2.54. The van der Waals surface area contributed by atoms with Crippen molar-refractivity contribution in [2.75, 3.05) is 24.3 Å². The van der Waals surface area contributed by atoms with E-state index >= 15 is 0 Å². The first-order valence-corrected chi connectivity index (χ1v) is 9.16. The number of carbonyl (C=O) groups excluding carboxylic acids is 2. The van der Waals surface area contributed by atoms with Gasteiger partial charge in [0, 0.05) is 23.5 Å². The second-order valence-electron chi connectivity index (χ2n) is 5.92. The standard InChI is InChI=1S/C19H19FN2O3S/c1-25-16-3-2-4-17(10-16)26-12-18(23)21-14-9-19(24)22(11-14)15-7-5-13(20)6-8-15/h2-8,10,14H,9,11-12H2,1H3,(H,21,23). The third kappa shape index (κ3) is 4.54. The number of nitrogens with zero attached hydrogens (tertiary/aromatic N) is 1. The molecule has 2 aromatic carbocycles. The smallest absolute Gasteiger partial charge is 0.230 e. The highest BCUT2D eigenvalue weighted by atomic mass is 32.2. The summed E-state index contributed by atoms with van der Waals surface area (Å²) in [6.45, 7) is 0.389. The Labute approximate surface area is 155 Å². The molecule has 0 aliphatic carbocycles. The molecule has 1 unspecified atom stereocenters. The number of amides is 2. The fourth-order valence-electron chi connectivity index (χ4n) is 2.78. The zero-order valence-electron chi connectivity index (χ0n) is 14.3. The lowest BCUT2D eigenvalue weighted by Crippen LogP contribution is -2.38. The maximum atomic E-state index is 13.0. The summed E-state index contributed by atoms with van der Waals surface area (Å²) in [4.78, 5) is 26.9. The largest absolute Gasteiger partial charge is 0.497 e. The van der Waals surface area contributed by atoms with E-state index in [4.69, 9.17) is 4.74 Å². The van der Waals surface area contributed by atoms with E-state index in [0.717, 1.165) is 10.6 Å². The number of ether oxygens (including phenoxy) is 1. The molecule has 2 aromatic rings. The second-order valence-corrected chi connectivity index (χ2v) is 6.97. The van der Waals surface area contributed by atoms with Crippen LogP contribution in [-0.4, -0.2) is 37.3 Å². The van der Waals surface area contributed by atoms with Crippen molar-refractivity contribution in [2.45, 2.75) is 17.4 Å². The molecule has 1 heterocycles. The van der Waals surface area contributed by atoms with Gasteiger partial charge in [0.05, 0.1) is 18.9 Å². The highest BCUT2D eigenvalue weighted by Crippen LogP contribution is 2.24. The first kappa shape index (κ1) is 18.3. The van der Waals surface area contributed by atoms with Crippen molar-refractivity contribution in [1.29, 1.82) is 0 Å². The number of hydrogen-bond donors (Lipinski definition) is 1. The number of hydrogen-bond acceptors (Lipinski definition) is 4. The molecule has 0 bridgehead atoms. The SMILES string of the molecule is COc1cccc(SCC(=O)NC2CC(=O)N(c3ccc(F)cc3)C2)c1. The summed E-state index contributed by atoms with van der Waals surface area (Å²) in [5.41, 5.74) is 0.638. The Balaban J connectivity index is 1.51. The zero-order chi connectivity index (χ0) is 18.5. The maximum absolute atomic E-state index is 13.0. The van der Waals surface area contributed by atoms with Gasteiger partial charge in [-0.2, -0.15) is 0 Å². The lowest BCUT2D eigenvalue weighted by Gasteiger charge is -2.17. The van der Waals surface area contributed by atoms with Crippen molar-refractivity contribution in [3.05, 3.63) is 54.3 Å². The van der Waals surface area contributed by atoms with E-state index in [0.29, 0.717) is 12.2 Å². The van der Waals surface area contributed by atoms with Gasteiger partial charge in [0.1, 0.15) is 11.6 Å². The van der Waals surface area contributed by atoms with Crippen LogP contribution in [0.3, 0.4) is 0 Å². The molecule has 0 saturated carbocycles. The predicted octanol–water partition coefficient (Wildman–Crippen LogP) is 2.85. The van der Waals surface area contributed by atoms with Gasteiger partial charge >= 0.3 is 0 Å². The van der Waals surface area contributed by atoms with Gasteiger partial charge in [0.15, 0.2) is 0 Å². The van der Waals surface area contributed by atoms with E-state index in [2.05, 4.69) is 5.32 Å². The van der Waals surface area contributed by atoms with Gasteiger partial charge in [-0.1, -0.05) is 6.07 Å². The van der Waals surface area contributed by atoms with E-state index in [1.54, 1.807) is 24.1 Å². The summed E-state index contributed by atoms with van der Waals surface area (Å²) in [5, 5.41) is 2.89. The first-order valence-electron chi connectivity index (χ1n) is 8.17. The molecule has 1 atom stereocenters. The molecule has 7 heteroatoms. The highest BCUT2D eigenvalue weighted by molar-refractivity contribution is 8.00. The molecule has 5 nitrogen and oxygen atoms in total. The molecule has 0 radical (unpaired) electrons. The summed E-state index contributed by atoms with van der Waals surface area (Å²) >= 11 is 1.41. The van der Waals surface area contributed by atoms with E-state index in [1.165, 1.54) is 23.9 Å². The van der Waals surface area contributed by atoms with Gasteiger partial charge in [0.25, 0.3) is 0 Å². The number of anilines is 1. The minimum Gasteiger partial charge on any atom is -0.497 e. The Morgan fingerprint density at radius 2 is 2.08 bits per heavy atom. The van der Waals surface area contributed by atoms with Gasteiger partial charge < -0.3 is 15.0 Å². The molecular weight excluding hydrogens is 355 g/mol. The summed E-state index contributed by atoms with van der Waals surface area (Å²) in [6.07, 6.45) is 0.243. The average molecular weight is 374 g/mol. The monoisotopic (exact) mass is 374 g/mol. The quantitative estimate of drug-likeness (QED) is 0.790. The number of rotatable bonds is 6. The van der Waals surface area contributed by atoms with Gasteiger partial charge in [0.2, 0.25) is 11.8 Å². The normalized spacial score (nSPS) is 16.6. The van der Waals surface area contributed by atoms with Crippen molar-refractivity contribution in [3.8, 4) is 5.75 Å². The van der Waals surface area contributed by atoms with E-state index in [-0.39, 0.29) is 35.8 Å². The van der Waals surface area contributed by atoms with Crippen molar-refractivity contribution in [3.63, 3.8) is 0 Å². The molecule has 3 rings (SSSR count). The van der Waals surface area contributed by atoms with E-state index < -0.39 is 0 Å². The van der Waals surface area contributed by atoms with Gasteiger partial charge in [-0.05, 0) is 42.5 Å². The lowest BCUT2D eigenvalue weighted by molar-refractivity contribution is -0.119. The van der Waals surface area contributed by atoms with Crippen LogP contribution in [0.25, 0.3) is 0 Å². The van der Waals surface area contributed by atoms with Crippen LogP contribution < -0.4 is 15.0 Å². The molecular formula is C19H19FN2O3S. The Morgan fingerprint density at radius 1 is 1.31 bits per heavy atom. The fourth-order valence-corrected chi connectivity index (χ4v) is 3.54. The number of benzene rings is 2. The Kier molecular flexibility index (Phi) is 5.78. The summed E-state index contributed by atoms with van der Waals surface area (Å²) < 4.78 is 18.2. The van der Waals surface area contributed by atoms with Crippen LogP contribution >= 0.6 is 11.8 Å². The van der Waals surface area contributed by atoms with Crippen molar-refractivity contribution in [2.24, 2.45) is 0 Å². The molecule has 0 spiro atoms. The maximum Gasteiger partial charge on any atom is 0.230 e. The number of halogens is 1. The van der Waals surface area contributed by atoms with Crippen molar-refractivity contribution in [1.82, 2.24) is 5.32 Å². The minimum atomic E-state index is -0.347. The molecule has 136 valence electrons. The number of methoxy groups -OCH3 is 1. The first-order chi connectivity index (χ1) is 12.5. The molecule has 1 saturated heterocycles. The third-order valence-corrected chi connectivity index (χ3v) is 5.03. The van der Waals surface area contributed by atoms with Crippen LogP contribution in [0, 0.1) is 5.82 Å². The van der Waals surface area contributed by atoms with Crippen LogP contribution in [0.2, 0.25) is 0 Å². The Bertz CT molecular complexity index is 798. The van der Waals surface area contributed by atoms with Crippen molar-refractivity contribution >= 4 is 29.3 Å². The summed E-state index contributed by atoms with van der Waals surface area (Å²) in [6, 6.07) is 13.0. The highest BCUT2D eigenvalue weighted by Gasteiger charge is 2.31. The zero-order valence-corrected chi connectivity index (χ0v) is 15.1. The van der Waals surface area contributed by atoms with E-state index in [9.17, 15) is 14.0 Å². The van der Waals surface area contributed by atoms with Crippen LogP contribution in [-0.2, 0) is 9.59 Å². The van der Waals surface area contributed by atoms with E-state index in [1.807, 2.05) is 24.3 Å². The van der Waals surface area contributed by atoms with Crippen LogP contribution in [0.4, 0.5) is 10.1 Å². The number of nitrogens with one attached hydrogen (secondary N) is 1. The van der Waals surface area contributed by atoms with Gasteiger partial charge in [-0.25, -0.2) is 4.39 Å². The van der Waals surface area contributed by atoms with Gasteiger partial charge in [-0.15, -0.1) is 11.8 Å². The lowest BCUT2D eigenvalue weighted by atomic mass is 10.2. The molecule has 1 fully saturated rings.